The molecule has 0 amide bonds. The zero-order chi connectivity index (χ0) is 9.26. The molecule has 1 aliphatic rings. The first-order valence-corrected chi connectivity index (χ1v) is 4.95. The summed E-state index contributed by atoms with van der Waals surface area (Å²) in [4.78, 5) is 0. The number of nitrogens with zero attached hydrogens (tertiary/aromatic N) is 1. The summed E-state index contributed by atoms with van der Waals surface area (Å²) in [5.41, 5.74) is 1.98. The number of hydrogen-bond acceptors (Lipinski definition) is 2. The SMILES string of the molecule is Cc1[nH]nc(C2CCOCC2)c1Cl. The van der Waals surface area contributed by atoms with E-state index < -0.39 is 0 Å². The maximum atomic E-state index is 6.11. The second-order valence-electron chi connectivity index (χ2n) is 3.43. The molecule has 13 heavy (non-hydrogen) atoms. The Morgan fingerprint density at radius 3 is 2.69 bits per heavy atom. The number of aryl methyl sites for hydroxylation is 1. The Balaban J connectivity index is 2.18. The average molecular weight is 201 g/mol. The highest BCUT2D eigenvalue weighted by molar-refractivity contribution is 6.31. The molecule has 1 aromatic heterocycles. The molecule has 0 radical (unpaired) electrons. The van der Waals surface area contributed by atoms with Gasteiger partial charge in [0.25, 0.3) is 0 Å². The molecule has 1 fully saturated rings. The summed E-state index contributed by atoms with van der Waals surface area (Å²) in [5.74, 6) is 0.478. The van der Waals surface area contributed by atoms with Crippen LogP contribution < -0.4 is 0 Å². The first-order valence-electron chi connectivity index (χ1n) is 4.57. The highest BCUT2D eigenvalue weighted by Gasteiger charge is 2.21. The van der Waals surface area contributed by atoms with E-state index in [1.165, 1.54) is 0 Å². The molecule has 0 saturated carbocycles. The summed E-state index contributed by atoms with van der Waals surface area (Å²) in [6.07, 6.45) is 2.06. The predicted molar refractivity (Wildman–Crippen MR) is 51.1 cm³/mol. The topological polar surface area (TPSA) is 37.9 Å². The number of ether oxygens (including phenoxy) is 1. The van der Waals surface area contributed by atoms with Crippen LogP contribution in [0.15, 0.2) is 0 Å². The third kappa shape index (κ3) is 1.71. The van der Waals surface area contributed by atoms with E-state index in [0.717, 1.165) is 42.5 Å². The van der Waals surface area contributed by atoms with Gasteiger partial charge in [-0.2, -0.15) is 5.10 Å². The van der Waals surface area contributed by atoms with E-state index in [2.05, 4.69) is 10.2 Å². The van der Waals surface area contributed by atoms with Crippen LogP contribution in [0.4, 0.5) is 0 Å². The lowest BCUT2D eigenvalue weighted by Gasteiger charge is -2.20. The van der Waals surface area contributed by atoms with Gasteiger partial charge in [-0.25, -0.2) is 0 Å². The summed E-state index contributed by atoms with van der Waals surface area (Å²) in [6, 6.07) is 0. The Hall–Kier alpha value is -0.540. The fraction of sp³-hybridized carbons (Fsp3) is 0.667. The number of aromatic nitrogens is 2. The summed E-state index contributed by atoms with van der Waals surface area (Å²) in [5, 5.41) is 7.94. The highest BCUT2D eigenvalue weighted by Crippen LogP contribution is 2.31. The molecule has 72 valence electrons. The van der Waals surface area contributed by atoms with Crippen LogP contribution >= 0.6 is 11.6 Å². The van der Waals surface area contributed by atoms with Gasteiger partial charge in [0, 0.05) is 19.1 Å². The normalized spacial score (nSPS) is 19.2. The van der Waals surface area contributed by atoms with Crippen LogP contribution in [-0.2, 0) is 4.74 Å². The van der Waals surface area contributed by atoms with Gasteiger partial charge >= 0.3 is 0 Å². The lowest BCUT2D eigenvalue weighted by atomic mass is 9.96. The minimum atomic E-state index is 0.478. The van der Waals surface area contributed by atoms with E-state index >= 15 is 0 Å². The summed E-state index contributed by atoms with van der Waals surface area (Å²) in [7, 11) is 0. The van der Waals surface area contributed by atoms with Crippen molar-refractivity contribution in [1.82, 2.24) is 10.2 Å². The van der Waals surface area contributed by atoms with E-state index in [1.54, 1.807) is 0 Å². The van der Waals surface area contributed by atoms with Gasteiger partial charge < -0.3 is 4.74 Å². The predicted octanol–water partition coefficient (Wildman–Crippen LogP) is 2.27. The molecule has 2 heterocycles. The third-order valence-corrected chi connectivity index (χ3v) is 2.98. The van der Waals surface area contributed by atoms with Crippen LogP contribution in [0.3, 0.4) is 0 Å². The molecule has 0 bridgehead atoms. The van der Waals surface area contributed by atoms with Crippen molar-refractivity contribution in [2.24, 2.45) is 0 Å². The van der Waals surface area contributed by atoms with Crippen LogP contribution in [0.1, 0.15) is 30.1 Å². The molecule has 0 unspecified atom stereocenters. The fourth-order valence-corrected chi connectivity index (χ4v) is 1.91. The molecule has 2 rings (SSSR count). The van der Waals surface area contributed by atoms with Crippen molar-refractivity contribution in [2.45, 2.75) is 25.7 Å². The molecule has 3 nitrogen and oxygen atoms in total. The van der Waals surface area contributed by atoms with Crippen LogP contribution in [0.2, 0.25) is 5.02 Å². The fourth-order valence-electron chi connectivity index (χ4n) is 1.68. The van der Waals surface area contributed by atoms with Gasteiger partial charge in [-0.05, 0) is 19.8 Å². The van der Waals surface area contributed by atoms with E-state index in [9.17, 15) is 0 Å². The molecule has 4 heteroatoms. The number of hydrogen-bond donors (Lipinski definition) is 1. The average Bonchev–Trinajstić information content (AvgIpc) is 2.49. The second kappa shape index (κ2) is 3.68. The van der Waals surface area contributed by atoms with Crippen molar-refractivity contribution in [3.8, 4) is 0 Å². The first kappa shape index (κ1) is 9.03. The monoisotopic (exact) mass is 200 g/mol. The summed E-state index contributed by atoms with van der Waals surface area (Å²) < 4.78 is 5.29. The Labute approximate surface area is 82.4 Å². The van der Waals surface area contributed by atoms with Crippen molar-refractivity contribution in [1.29, 1.82) is 0 Å². The van der Waals surface area contributed by atoms with Gasteiger partial charge in [0.15, 0.2) is 0 Å². The molecule has 1 saturated heterocycles. The molecular formula is C9H13ClN2O. The van der Waals surface area contributed by atoms with Crippen molar-refractivity contribution in [3.63, 3.8) is 0 Å². The Bertz CT molecular complexity index is 292. The molecule has 0 aliphatic carbocycles. The number of H-pyrrole nitrogens is 1. The van der Waals surface area contributed by atoms with Crippen molar-refractivity contribution in [2.75, 3.05) is 13.2 Å². The van der Waals surface area contributed by atoms with Gasteiger partial charge in [0.1, 0.15) is 0 Å². The van der Waals surface area contributed by atoms with Gasteiger partial charge in [-0.3, -0.25) is 5.10 Å². The molecule has 0 aromatic carbocycles. The lowest BCUT2D eigenvalue weighted by molar-refractivity contribution is 0.0845. The maximum absolute atomic E-state index is 6.11. The lowest BCUT2D eigenvalue weighted by Crippen LogP contribution is -2.14. The molecule has 1 N–H and O–H groups in total. The van der Waals surface area contributed by atoms with Crippen molar-refractivity contribution >= 4 is 11.6 Å². The Kier molecular flexibility index (Phi) is 2.56. The largest absolute Gasteiger partial charge is 0.381 e. The van der Waals surface area contributed by atoms with E-state index in [1.807, 2.05) is 6.92 Å². The molecular weight excluding hydrogens is 188 g/mol. The smallest absolute Gasteiger partial charge is 0.0847 e. The number of aromatic amines is 1. The molecule has 0 atom stereocenters. The minimum Gasteiger partial charge on any atom is -0.381 e. The first-order chi connectivity index (χ1) is 6.29. The van der Waals surface area contributed by atoms with E-state index in [-0.39, 0.29) is 0 Å². The molecule has 0 spiro atoms. The zero-order valence-corrected chi connectivity index (χ0v) is 8.40. The molecule has 1 aromatic rings. The minimum absolute atomic E-state index is 0.478. The Morgan fingerprint density at radius 1 is 1.46 bits per heavy atom. The van der Waals surface area contributed by atoms with Gasteiger partial charge in [0.2, 0.25) is 0 Å². The van der Waals surface area contributed by atoms with Gasteiger partial charge in [-0.15, -0.1) is 0 Å². The van der Waals surface area contributed by atoms with Crippen LogP contribution in [-0.4, -0.2) is 23.4 Å². The number of rotatable bonds is 1. The quantitative estimate of drug-likeness (QED) is 0.755. The van der Waals surface area contributed by atoms with Gasteiger partial charge in [-0.1, -0.05) is 11.6 Å². The molecule has 1 aliphatic heterocycles. The van der Waals surface area contributed by atoms with Crippen molar-refractivity contribution < 1.29 is 4.74 Å². The van der Waals surface area contributed by atoms with Crippen LogP contribution in [0.5, 0.6) is 0 Å². The second-order valence-corrected chi connectivity index (χ2v) is 3.81. The van der Waals surface area contributed by atoms with Crippen LogP contribution in [0.25, 0.3) is 0 Å². The third-order valence-electron chi connectivity index (χ3n) is 2.51. The summed E-state index contributed by atoms with van der Waals surface area (Å²) in [6.45, 7) is 3.60. The maximum Gasteiger partial charge on any atom is 0.0847 e. The zero-order valence-electron chi connectivity index (χ0n) is 7.64. The van der Waals surface area contributed by atoms with E-state index in [4.69, 9.17) is 16.3 Å². The number of halogens is 1. The standard InChI is InChI=1S/C9H13ClN2O/c1-6-8(10)9(12-11-6)7-2-4-13-5-3-7/h7H,2-5H2,1H3,(H,11,12). The van der Waals surface area contributed by atoms with Crippen molar-refractivity contribution in [3.05, 3.63) is 16.4 Å². The van der Waals surface area contributed by atoms with Crippen LogP contribution in [0, 0.1) is 6.92 Å². The number of nitrogens with one attached hydrogen (secondary N) is 1. The summed E-state index contributed by atoms with van der Waals surface area (Å²) >= 11 is 6.11. The van der Waals surface area contributed by atoms with Gasteiger partial charge in [0.05, 0.1) is 16.4 Å². The van der Waals surface area contributed by atoms with E-state index in [0.29, 0.717) is 5.92 Å². The Morgan fingerprint density at radius 2 is 2.15 bits per heavy atom. The highest BCUT2D eigenvalue weighted by atomic mass is 35.5.